The molecule has 0 bridgehead atoms. The molecule has 4 heteroatoms. The highest BCUT2D eigenvalue weighted by molar-refractivity contribution is 9.10. The van der Waals surface area contributed by atoms with E-state index >= 15 is 0 Å². The summed E-state index contributed by atoms with van der Waals surface area (Å²) in [6.45, 7) is 2.49. The molecule has 3 nitrogen and oxygen atoms in total. The standard InChI is InChI=1S/C15H15BrN2O/c1-10-7-11(15(17)18)5-6-12(10)9-19-14-4-2-3-13(16)8-14/h2-8H,9H2,1H3,(H3,17,18). The van der Waals surface area contributed by atoms with Crippen molar-refractivity contribution in [3.05, 3.63) is 63.6 Å². The summed E-state index contributed by atoms with van der Waals surface area (Å²) in [6.07, 6.45) is 0. The molecular formula is C15H15BrN2O. The molecule has 0 radical (unpaired) electrons. The summed E-state index contributed by atoms with van der Waals surface area (Å²) in [6, 6.07) is 13.4. The third-order valence-corrected chi connectivity index (χ3v) is 3.34. The Kier molecular flexibility index (Phi) is 4.22. The van der Waals surface area contributed by atoms with Gasteiger partial charge in [-0.15, -0.1) is 0 Å². The molecule has 19 heavy (non-hydrogen) atoms. The molecule has 0 unspecified atom stereocenters. The van der Waals surface area contributed by atoms with E-state index in [1.54, 1.807) is 0 Å². The van der Waals surface area contributed by atoms with Crippen LogP contribution in [0.3, 0.4) is 0 Å². The molecule has 0 aliphatic carbocycles. The number of benzene rings is 2. The highest BCUT2D eigenvalue weighted by Crippen LogP contribution is 2.20. The number of nitrogen functional groups attached to an aromatic ring is 1. The summed E-state index contributed by atoms with van der Waals surface area (Å²) in [5.41, 5.74) is 8.36. The van der Waals surface area contributed by atoms with Gasteiger partial charge in [-0.1, -0.05) is 34.1 Å². The van der Waals surface area contributed by atoms with Gasteiger partial charge in [0.05, 0.1) is 0 Å². The van der Waals surface area contributed by atoms with Gasteiger partial charge in [0.25, 0.3) is 0 Å². The van der Waals surface area contributed by atoms with Crippen molar-refractivity contribution in [2.75, 3.05) is 0 Å². The summed E-state index contributed by atoms with van der Waals surface area (Å²) >= 11 is 3.41. The molecule has 0 aromatic heterocycles. The van der Waals surface area contributed by atoms with Gasteiger partial charge in [-0.25, -0.2) is 0 Å². The molecule has 0 spiro atoms. The van der Waals surface area contributed by atoms with E-state index in [0.29, 0.717) is 6.61 Å². The molecule has 0 fully saturated rings. The van der Waals surface area contributed by atoms with Gasteiger partial charge in [0.2, 0.25) is 0 Å². The predicted octanol–water partition coefficient (Wildman–Crippen LogP) is 3.62. The van der Waals surface area contributed by atoms with Crippen LogP contribution >= 0.6 is 15.9 Å². The van der Waals surface area contributed by atoms with Gasteiger partial charge in [-0.2, -0.15) is 0 Å². The van der Waals surface area contributed by atoms with Crippen LogP contribution < -0.4 is 10.5 Å². The van der Waals surface area contributed by atoms with Crippen LogP contribution in [0.2, 0.25) is 0 Å². The second-order valence-corrected chi connectivity index (χ2v) is 5.22. The number of rotatable bonds is 4. The van der Waals surface area contributed by atoms with E-state index in [4.69, 9.17) is 15.9 Å². The number of nitrogens with one attached hydrogen (secondary N) is 1. The van der Waals surface area contributed by atoms with Gasteiger partial charge in [-0.05, 0) is 42.3 Å². The number of nitrogens with two attached hydrogens (primary N) is 1. The summed E-state index contributed by atoms with van der Waals surface area (Å²) < 4.78 is 6.73. The fourth-order valence-corrected chi connectivity index (χ4v) is 2.12. The van der Waals surface area contributed by atoms with Crippen molar-refractivity contribution in [2.45, 2.75) is 13.5 Å². The molecule has 0 saturated carbocycles. The fraction of sp³-hybridized carbons (Fsp3) is 0.133. The van der Waals surface area contributed by atoms with Crippen LogP contribution in [0.5, 0.6) is 5.75 Å². The van der Waals surface area contributed by atoms with Crippen LogP contribution in [-0.4, -0.2) is 5.84 Å². The van der Waals surface area contributed by atoms with E-state index in [1.807, 2.05) is 49.4 Å². The fourth-order valence-electron chi connectivity index (χ4n) is 1.74. The smallest absolute Gasteiger partial charge is 0.122 e. The predicted molar refractivity (Wildman–Crippen MR) is 80.7 cm³/mol. The highest BCUT2D eigenvalue weighted by atomic mass is 79.9. The number of amidine groups is 1. The Morgan fingerprint density at radius 1 is 1.26 bits per heavy atom. The molecular weight excluding hydrogens is 304 g/mol. The Morgan fingerprint density at radius 2 is 2.05 bits per heavy atom. The van der Waals surface area contributed by atoms with E-state index in [-0.39, 0.29) is 5.84 Å². The van der Waals surface area contributed by atoms with Gasteiger partial charge >= 0.3 is 0 Å². The molecule has 98 valence electrons. The average molecular weight is 319 g/mol. The normalized spacial score (nSPS) is 10.2. The number of hydrogen-bond donors (Lipinski definition) is 2. The first kappa shape index (κ1) is 13.6. The van der Waals surface area contributed by atoms with Crippen LogP contribution in [-0.2, 0) is 6.61 Å². The second kappa shape index (κ2) is 5.89. The molecule has 2 aromatic carbocycles. The van der Waals surface area contributed by atoms with Gasteiger partial charge in [0, 0.05) is 10.0 Å². The minimum Gasteiger partial charge on any atom is -0.489 e. The Labute approximate surface area is 121 Å². The minimum atomic E-state index is 0.0857. The van der Waals surface area contributed by atoms with Crippen molar-refractivity contribution in [2.24, 2.45) is 5.73 Å². The lowest BCUT2D eigenvalue weighted by atomic mass is 10.1. The van der Waals surface area contributed by atoms with E-state index in [0.717, 1.165) is 26.9 Å². The zero-order chi connectivity index (χ0) is 13.8. The van der Waals surface area contributed by atoms with Gasteiger partial charge in [0.15, 0.2) is 0 Å². The third-order valence-electron chi connectivity index (χ3n) is 2.84. The molecule has 0 aliphatic heterocycles. The van der Waals surface area contributed by atoms with Crippen molar-refractivity contribution in [3.8, 4) is 5.75 Å². The number of hydrogen-bond acceptors (Lipinski definition) is 2. The van der Waals surface area contributed by atoms with Gasteiger partial charge in [-0.3, -0.25) is 5.41 Å². The maximum Gasteiger partial charge on any atom is 0.122 e. The lowest BCUT2D eigenvalue weighted by molar-refractivity contribution is 0.305. The topological polar surface area (TPSA) is 59.1 Å². The van der Waals surface area contributed by atoms with E-state index in [9.17, 15) is 0 Å². The molecule has 2 rings (SSSR count). The second-order valence-electron chi connectivity index (χ2n) is 4.30. The number of halogens is 1. The largest absolute Gasteiger partial charge is 0.489 e. The monoisotopic (exact) mass is 318 g/mol. The Balaban J connectivity index is 2.10. The lowest BCUT2D eigenvalue weighted by Crippen LogP contribution is -2.11. The third kappa shape index (κ3) is 3.58. The summed E-state index contributed by atoms with van der Waals surface area (Å²) in [4.78, 5) is 0. The molecule has 2 aromatic rings. The van der Waals surface area contributed by atoms with Crippen molar-refractivity contribution >= 4 is 21.8 Å². The number of ether oxygens (including phenoxy) is 1. The average Bonchev–Trinajstić information content (AvgIpc) is 2.37. The summed E-state index contributed by atoms with van der Waals surface area (Å²) in [5.74, 6) is 0.909. The summed E-state index contributed by atoms with van der Waals surface area (Å²) in [5, 5.41) is 7.40. The first-order valence-corrected chi connectivity index (χ1v) is 6.68. The molecule has 0 amide bonds. The van der Waals surface area contributed by atoms with Crippen molar-refractivity contribution < 1.29 is 4.74 Å². The highest BCUT2D eigenvalue weighted by Gasteiger charge is 2.03. The van der Waals surface area contributed by atoms with E-state index in [2.05, 4.69) is 15.9 Å². The van der Waals surface area contributed by atoms with Crippen molar-refractivity contribution in [1.82, 2.24) is 0 Å². The zero-order valence-electron chi connectivity index (χ0n) is 10.6. The van der Waals surface area contributed by atoms with Gasteiger partial charge < -0.3 is 10.5 Å². The Bertz CT molecular complexity index is 611. The van der Waals surface area contributed by atoms with Crippen LogP contribution in [0.25, 0.3) is 0 Å². The van der Waals surface area contributed by atoms with Crippen LogP contribution in [0, 0.1) is 12.3 Å². The molecule has 0 heterocycles. The minimum absolute atomic E-state index is 0.0857. The maximum absolute atomic E-state index is 7.40. The molecule has 0 aliphatic rings. The van der Waals surface area contributed by atoms with Crippen LogP contribution in [0.4, 0.5) is 0 Å². The SMILES string of the molecule is Cc1cc(C(=N)N)ccc1COc1cccc(Br)c1. The van der Waals surface area contributed by atoms with Crippen LogP contribution in [0.1, 0.15) is 16.7 Å². The first-order valence-electron chi connectivity index (χ1n) is 5.88. The van der Waals surface area contributed by atoms with E-state index < -0.39 is 0 Å². The van der Waals surface area contributed by atoms with Crippen molar-refractivity contribution in [1.29, 1.82) is 5.41 Å². The first-order chi connectivity index (χ1) is 9.06. The number of aryl methyl sites for hydroxylation is 1. The quantitative estimate of drug-likeness (QED) is 0.668. The zero-order valence-corrected chi connectivity index (χ0v) is 12.2. The summed E-state index contributed by atoms with van der Waals surface area (Å²) in [7, 11) is 0. The molecule has 0 atom stereocenters. The Morgan fingerprint density at radius 3 is 2.68 bits per heavy atom. The lowest BCUT2D eigenvalue weighted by Gasteiger charge is -2.10. The molecule has 3 N–H and O–H groups in total. The molecule has 0 saturated heterocycles. The van der Waals surface area contributed by atoms with Crippen molar-refractivity contribution in [3.63, 3.8) is 0 Å². The van der Waals surface area contributed by atoms with Gasteiger partial charge in [0.1, 0.15) is 18.2 Å². The van der Waals surface area contributed by atoms with Crippen LogP contribution in [0.15, 0.2) is 46.9 Å². The Hall–Kier alpha value is -1.81. The van der Waals surface area contributed by atoms with E-state index in [1.165, 1.54) is 0 Å². The maximum atomic E-state index is 7.40.